The minimum absolute atomic E-state index is 0.242. The van der Waals surface area contributed by atoms with Gasteiger partial charge in [-0.15, -0.1) is 0 Å². The van der Waals surface area contributed by atoms with Crippen LogP contribution >= 0.6 is 23.2 Å². The maximum Gasteiger partial charge on any atom is 0.0471 e. The van der Waals surface area contributed by atoms with Crippen molar-refractivity contribution in [1.29, 1.82) is 0 Å². The molecule has 1 aromatic rings. The van der Waals surface area contributed by atoms with Gasteiger partial charge in [-0.1, -0.05) is 29.6 Å². The quantitative estimate of drug-likeness (QED) is 0.913. The van der Waals surface area contributed by atoms with Crippen molar-refractivity contribution in [1.82, 2.24) is 4.90 Å². The summed E-state index contributed by atoms with van der Waals surface area (Å²) in [5.41, 5.74) is 7.04. The lowest BCUT2D eigenvalue weighted by atomic mass is 10.0. The number of hydrogen-bond acceptors (Lipinski definition) is 2. The average molecular weight is 273 g/mol. The normalized spacial score (nSPS) is 19.2. The largest absolute Gasteiger partial charge is 0.329 e. The smallest absolute Gasteiger partial charge is 0.0471 e. The third-order valence-electron chi connectivity index (χ3n) is 3.32. The van der Waals surface area contributed by atoms with E-state index in [9.17, 15) is 0 Å². The van der Waals surface area contributed by atoms with Crippen LogP contribution in [0.5, 0.6) is 0 Å². The molecule has 0 amide bonds. The van der Waals surface area contributed by atoms with E-state index in [0.717, 1.165) is 18.7 Å². The highest BCUT2D eigenvalue weighted by molar-refractivity contribution is 6.34. The summed E-state index contributed by atoms with van der Waals surface area (Å²) in [5, 5.41) is 1.37. The van der Waals surface area contributed by atoms with Crippen LogP contribution in [-0.4, -0.2) is 24.5 Å². The molecule has 1 aromatic carbocycles. The summed E-state index contributed by atoms with van der Waals surface area (Å²) in [4.78, 5) is 2.44. The van der Waals surface area contributed by atoms with Gasteiger partial charge in [0.1, 0.15) is 0 Å². The Morgan fingerprint density at radius 3 is 2.18 bits per heavy atom. The van der Waals surface area contributed by atoms with Gasteiger partial charge in [0.25, 0.3) is 0 Å². The van der Waals surface area contributed by atoms with Crippen molar-refractivity contribution in [3.05, 3.63) is 33.8 Å². The van der Waals surface area contributed by atoms with E-state index in [1.165, 1.54) is 19.3 Å². The zero-order valence-corrected chi connectivity index (χ0v) is 11.3. The molecule has 0 spiro atoms. The van der Waals surface area contributed by atoms with E-state index >= 15 is 0 Å². The van der Waals surface area contributed by atoms with E-state index in [0.29, 0.717) is 16.6 Å². The number of benzene rings is 1. The monoisotopic (exact) mass is 272 g/mol. The minimum atomic E-state index is 0.242. The van der Waals surface area contributed by atoms with Crippen molar-refractivity contribution in [2.75, 3.05) is 19.6 Å². The Morgan fingerprint density at radius 1 is 1.06 bits per heavy atom. The molecule has 1 fully saturated rings. The lowest BCUT2D eigenvalue weighted by molar-refractivity contribution is 0.167. The van der Waals surface area contributed by atoms with Crippen LogP contribution in [0.3, 0.4) is 0 Å². The lowest BCUT2D eigenvalue weighted by Crippen LogP contribution is -2.37. The maximum absolute atomic E-state index is 6.05. The SMILES string of the molecule is NC[C@@H](c1cc(Cl)cc(Cl)c1)N1CCCCC1. The first-order valence-corrected chi connectivity index (χ1v) is 6.86. The number of hydrogen-bond donors (Lipinski definition) is 1. The van der Waals surface area contributed by atoms with Gasteiger partial charge in [-0.3, -0.25) is 4.90 Å². The van der Waals surface area contributed by atoms with Crippen LogP contribution in [0.25, 0.3) is 0 Å². The Hall–Kier alpha value is -0.280. The van der Waals surface area contributed by atoms with E-state index in [1.807, 2.05) is 12.1 Å². The summed E-state index contributed by atoms with van der Waals surface area (Å²) in [5.74, 6) is 0. The molecule has 1 heterocycles. The molecular weight excluding hydrogens is 255 g/mol. The number of piperidine rings is 1. The standard InChI is InChI=1S/C13H18Cl2N2/c14-11-6-10(7-12(15)8-11)13(9-16)17-4-2-1-3-5-17/h6-8,13H,1-5,9,16H2/t13-/m0/s1. The molecule has 94 valence electrons. The summed E-state index contributed by atoms with van der Waals surface area (Å²) in [6.45, 7) is 2.84. The van der Waals surface area contributed by atoms with Gasteiger partial charge >= 0.3 is 0 Å². The maximum atomic E-state index is 6.05. The molecule has 0 saturated carbocycles. The Morgan fingerprint density at radius 2 is 1.65 bits per heavy atom. The molecule has 2 N–H and O–H groups in total. The van der Waals surface area contributed by atoms with Gasteiger partial charge in [-0.05, 0) is 49.7 Å². The fraction of sp³-hybridized carbons (Fsp3) is 0.538. The molecule has 0 unspecified atom stereocenters. The highest BCUT2D eigenvalue weighted by Gasteiger charge is 2.21. The number of rotatable bonds is 3. The van der Waals surface area contributed by atoms with Crippen molar-refractivity contribution >= 4 is 23.2 Å². The van der Waals surface area contributed by atoms with E-state index in [-0.39, 0.29) is 6.04 Å². The Balaban J connectivity index is 2.21. The topological polar surface area (TPSA) is 29.3 Å². The first kappa shape index (κ1) is 13.2. The van der Waals surface area contributed by atoms with E-state index in [4.69, 9.17) is 28.9 Å². The van der Waals surface area contributed by atoms with Crippen LogP contribution in [-0.2, 0) is 0 Å². The van der Waals surface area contributed by atoms with Crippen LogP contribution < -0.4 is 5.73 Å². The fourth-order valence-corrected chi connectivity index (χ4v) is 3.04. The van der Waals surface area contributed by atoms with Crippen LogP contribution in [0, 0.1) is 0 Å². The average Bonchev–Trinajstić information content (AvgIpc) is 2.30. The van der Waals surface area contributed by atoms with Crippen LogP contribution in [0.2, 0.25) is 10.0 Å². The minimum Gasteiger partial charge on any atom is -0.329 e. The number of nitrogens with zero attached hydrogens (tertiary/aromatic N) is 1. The first-order chi connectivity index (χ1) is 8.20. The molecule has 1 saturated heterocycles. The molecule has 0 aromatic heterocycles. The summed E-state index contributed by atoms with van der Waals surface area (Å²) in [6.07, 6.45) is 3.83. The van der Waals surface area contributed by atoms with Gasteiger partial charge in [0.05, 0.1) is 0 Å². The molecule has 0 radical (unpaired) electrons. The van der Waals surface area contributed by atoms with Gasteiger partial charge in [0, 0.05) is 22.6 Å². The van der Waals surface area contributed by atoms with E-state index < -0.39 is 0 Å². The second kappa shape index (κ2) is 6.05. The molecule has 4 heteroatoms. The molecule has 1 atom stereocenters. The second-order valence-corrected chi connectivity index (χ2v) is 5.42. The number of halogens is 2. The van der Waals surface area contributed by atoms with Crippen LogP contribution in [0.1, 0.15) is 30.9 Å². The van der Waals surface area contributed by atoms with Crippen LogP contribution in [0.4, 0.5) is 0 Å². The third-order valence-corrected chi connectivity index (χ3v) is 3.76. The zero-order valence-electron chi connectivity index (χ0n) is 9.83. The Labute approximate surface area is 113 Å². The summed E-state index contributed by atoms with van der Waals surface area (Å²) >= 11 is 12.1. The zero-order chi connectivity index (χ0) is 12.3. The van der Waals surface area contributed by atoms with E-state index in [2.05, 4.69) is 4.90 Å². The molecule has 17 heavy (non-hydrogen) atoms. The molecular formula is C13H18Cl2N2. The van der Waals surface area contributed by atoms with Crippen molar-refractivity contribution < 1.29 is 0 Å². The Kier molecular flexibility index (Phi) is 4.69. The van der Waals surface area contributed by atoms with Crippen LogP contribution in [0.15, 0.2) is 18.2 Å². The fourth-order valence-electron chi connectivity index (χ4n) is 2.49. The molecule has 1 aliphatic heterocycles. The predicted octanol–water partition coefficient (Wildman–Crippen LogP) is 3.48. The lowest BCUT2D eigenvalue weighted by Gasteiger charge is -2.34. The first-order valence-electron chi connectivity index (χ1n) is 6.11. The summed E-state index contributed by atoms with van der Waals surface area (Å²) < 4.78 is 0. The molecule has 0 aliphatic carbocycles. The summed E-state index contributed by atoms with van der Waals surface area (Å²) in [6, 6.07) is 5.95. The molecule has 1 aliphatic rings. The third kappa shape index (κ3) is 3.35. The predicted molar refractivity (Wildman–Crippen MR) is 73.7 cm³/mol. The van der Waals surface area contributed by atoms with Crippen molar-refractivity contribution in [3.8, 4) is 0 Å². The van der Waals surface area contributed by atoms with Gasteiger partial charge in [0.2, 0.25) is 0 Å². The molecule has 0 bridgehead atoms. The highest BCUT2D eigenvalue weighted by atomic mass is 35.5. The van der Waals surface area contributed by atoms with Crippen molar-refractivity contribution in [2.45, 2.75) is 25.3 Å². The van der Waals surface area contributed by atoms with Gasteiger partial charge < -0.3 is 5.73 Å². The van der Waals surface area contributed by atoms with E-state index in [1.54, 1.807) is 6.07 Å². The molecule has 2 nitrogen and oxygen atoms in total. The van der Waals surface area contributed by atoms with Gasteiger partial charge in [-0.2, -0.15) is 0 Å². The van der Waals surface area contributed by atoms with Crippen molar-refractivity contribution in [2.24, 2.45) is 5.73 Å². The van der Waals surface area contributed by atoms with Crippen molar-refractivity contribution in [3.63, 3.8) is 0 Å². The second-order valence-electron chi connectivity index (χ2n) is 4.55. The highest BCUT2D eigenvalue weighted by Crippen LogP contribution is 2.28. The number of likely N-dealkylation sites (tertiary alicyclic amines) is 1. The summed E-state index contributed by atoms with van der Waals surface area (Å²) in [7, 11) is 0. The van der Waals surface area contributed by atoms with Gasteiger partial charge in [0.15, 0.2) is 0 Å². The Bertz CT molecular complexity index is 355. The number of nitrogens with two attached hydrogens (primary N) is 1. The molecule has 2 rings (SSSR count). The van der Waals surface area contributed by atoms with Gasteiger partial charge in [-0.25, -0.2) is 0 Å².